The Morgan fingerprint density at radius 1 is 1.41 bits per heavy atom. The van der Waals surface area contributed by atoms with Crippen molar-refractivity contribution in [1.82, 2.24) is 14.8 Å². The second kappa shape index (κ2) is 6.40. The van der Waals surface area contributed by atoms with E-state index in [9.17, 15) is 4.79 Å². The van der Waals surface area contributed by atoms with Crippen LogP contribution in [0.2, 0.25) is 0 Å². The summed E-state index contributed by atoms with van der Waals surface area (Å²) in [5.74, 6) is 0.917. The number of amides is 1. The van der Waals surface area contributed by atoms with E-state index >= 15 is 0 Å². The lowest BCUT2D eigenvalue weighted by molar-refractivity contribution is 0.102. The molecule has 0 saturated heterocycles. The fourth-order valence-electron chi connectivity index (χ4n) is 1.86. The number of hydrogen-bond donors (Lipinski definition) is 1. The van der Waals surface area contributed by atoms with Gasteiger partial charge in [0.05, 0.1) is 11.2 Å². The van der Waals surface area contributed by atoms with Crippen molar-refractivity contribution in [3.05, 3.63) is 58.7 Å². The van der Waals surface area contributed by atoms with Crippen molar-refractivity contribution in [3.8, 4) is 5.75 Å². The van der Waals surface area contributed by atoms with E-state index in [1.165, 1.54) is 11.3 Å². The maximum atomic E-state index is 12.2. The predicted octanol–water partition coefficient (Wildman–Crippen LogP) is 2.71. The van der Waals surface area contributed by atoms with Crippen LogP contribution in [0.25, 0.3) is 0 Å². The standard InChI is InChI=1S/C15H14N4O2S/c1-19-6-5-14(18-19)17-15(20)11-3-2-4-13(7-11)21-8-12-9-22-10-16-12/h2-7,9-10H,8H2,1H3,(H,17,18,20). The van der Waals surface area contributed by atoms with E-state index in [1.54, 1.807) is 47.7 Å². The van der Waals surface area contributed by atoms with Gasteiger partial charge in [-0.15, -0.1) is 11.3 Å². The van der Waals surface area contributed by atoms with Crippen LogP contribution in [0.5, 0.6) is 5.75 Å². The number of carbonyl (C=O) groups is 1. The molecule has 0 aliphatic rings. The second-order valence-electron chi connectivity index (χ2n) is 4.63. The minimum Gasteiger partial charge on any atom is -0.487 e. The minimum atomic E-state index is -0.224. The number of anilines is 1. The van der Waals surface area contributed by atoms with E-state index in [2.05, 4.69) is 15.4 Å². The zero-order valence-corrected chi connectivity index (χ0v) is 12.7. The lowest BCUT2D eigenvalue weighted by Crippen LogP contribution is -2.12. The number of ether oxygens (including phenoxy) is 1. The van der Waals surface area contributed by atoms with Crippen LogP contribution < -0.4 is 10.1 Å². The molecule has 0 fully saturated rings. The molecule has 0 radical (unpaired) electrons. The van der Waals surface area contributed by atoms with Crippen molar-refractivity contribution >= 4 is 23.1 Å². The summed E-state index contributed by atoms with van der Waals surface area (Å²) in [6.45, 7) is 0.384. The maximum Gasteiger partial charge on any atom is 0.256 e. The number of nitrogens with one attached hydrogen (secondary N) is 1. The first-order valence-corrected chi connectivity index (χ1v) is 7.56. The van der Waals surface area contributed by atoms with Gasteiger partial charge >= 0.3 is 0 Å². The van der Waals surface area contributed by atoms with Crippen LogP contribution in [0.15, 0.2) is 47.4 Å². The Bertz CT molecular complexity index is 767. The molecule has 0 bridgehead atoms. The van der Waals surface area contributed by atoms with Gasteiger partial charge in [-0.05, 0) is 18.2 Å². The van der Waals surface area contributed by atoms with E-state index < -0.39 is 0 Å². The molecule has 3 rings (SSSR count). The van der Waals surface area contributed by atoms with E-state index in [0.717, 1.165) is 5.69 Å². The fourth-order valence-corrected chi connectivity index (χ4v) is 2.41. The number of rotatable bonds is 5. The first-order valence-electron chi connectivity index (χ1n) is 6.61. The topological polar surface area (TPSA) is 69.0 Å². The van der Waals surface area contributed by atoms with Crippen LogP contribution >= 0.6 is 11.3 Å². The third-order valence-electron chi connectivity index (χ3n) is 2.92. The van der Waals surface area contributed by atoms with Crippen LogP contribution in [0.4, 0.5) is 5.82 Å². The lowest BCUT2D eigenvalue weighted by atomic mass is 10.2. The van der Waals surface area contributed by atoms with Gasteiger partial charge in [0.25, 0.3) is 5.91 Å². The predicted molar refractivity (Wildman–Crippen MR) is 84.0 cm³/mol. The first-order chi connectivity index (χ1) is 10.7. The molecule has 1 N–H and O–H groups in total. The lowest BCUT2D eigenvalue weighted by Gasteiger charge is -2.07. The molecule has 0 aliphatic carbocycles. The van der Waals surface area contributed by atoms with Gasteiger partial charge in [-0.2, -0.15) is 5.10 Å². The number of aryl methyl sites for hydroxylation is 1. The number of aromatic nitrogens is 3. The maximum absolute atomic E-state index is 12.2. The molecule has 3 aromatic rings. The van der Waals surface area contributed by atoms with Gasteiger partial charge in [0.2, 0.25) is 0 Å². The van der Waals surface area contributed by atoms with E-state index in [4.69, 9.17) is 4.74 Å². The third-order valence-corrected chi connectivity index (χ3v) is 3.56. The molecule has 6 nitrogen and oxygen atoms in total. The van der Waals surface area contributed by atoms with Crippen molar-refractivity contribution in [2.45, 2.75) is 6.61 Å². The van der Waals surface area contributed by atoms with Gasteiger partial charge in [-0.3, -0.25) is 9.48 Å². The second-order valence-corrected chi connectivity index (χ2v) is 5.34. The summed E-state index contributed by atoms with van der Waals surface area (Å²) in [6, 6.07) is 8.76. The molecule has 22 heavy (non-hydrogen) atoms. The Kier molecular flexibility index (Phi) is 4.15. The highest BCUT2D eigenvalue weighted by Gasteiger charge is 2.09. The SMILES string of the molecule is Cn1ccc(NC(=O)c2cccc(OCc3cscn3)c2)n1. The Morgan fingerprint density at radius 3 is 3.05 bits per heavy atom. The largest absolute Gasteiger partial charge is 0.487 e. The molecule has 0 spiro atoms. The number of carbonyl (C=O) groups excluding carboxylic acids is 1. The Labute approximate surface area is 131 Å². The fraction of sp³-hybridized carbons (Fsp3) is 0.133. The average Bonchev–Trinajstić information content (AvgIpc) is 3.17. The molecular weight excluding hydrogens is 300 g/mol. The van der Waals surface area contributed by atoms with Gasteiger partial charge in [0, 0.05) is 30.3 Å². The van der Waals surface area contributed by atoms with Crippen molar-refractivity contribution < 1.29 is 9.53 Å². The number of thiazole rings is 1. The van der Waals surface area contributed by atoms with Crippen LogP contribution in [-0.4, -0.2) is 20.7 Å². The number of benzene rings is 1. The molecule has 0 saturated carbocycles. The number of nitrogens with zero attached hydrogens (tertiary/aromatic N) is 3. The molecule has 0 aliphatic heterocycles. The van der Waals surface area contributed by atoms with Gasteiger partial charge in [-0.25, -0.2) is 4.98 Å². The van der Waals surface area contributed by atoms with Crippen LogP contribution in [0.3, 0.4) is 0 Å². The monoisotopic (exact) mass is 314 g/mol. The molecule has 0 unspecified atom stereocenters. The molecule has 1 aromatic carbocycles. The van der Waals surface area contributed by atoms with Crippen molar-refractivity contribution in [3.63, 3.8) is 0 Å². The van der Waals surface area contributed by atoms with Gasteiger partial charge < -0.3 is 10.1 Å². The van der Waals surface area contributed by atoms with Crippen LogP contribution in [0, 0.1) is 0 Å². The molecule has 7 heteroatoms. The van der Waals surface area contributed by atoms with Crippen LogP contribution in [-0.2, 0) is 13.7 Å². The van der Waals surface area contributed by atoms with Gasteiger partial charge in [0.15, 0.2) is 5.82 Å². The molecule has 2 aromatic heterocycles. The quantitative estimate of drug-likeness (QED) is 0.786. The smallest absolute Gasteiger partial charge is 0.256 e. The summed E-state index contributed by atoms with van der Waals surface area (Å²) in [5.41, 5.74) is 3.14. The summed E-state index contributed by atoms with van der Waals surface area (Å²) in [6.07, 6.45) is 1.77. The highest BCUT2D eigenvalue weighted by Crippen LogP contribution is 2.16. The molecule has 0 atom stereocenters. The summed E-state index contributed by atoms with van der Waals surface area (Å²) >= 11 is 1.52. The zero-order chi connectivity index (χ0) is 15.4. The van der Waals surface area contributed by atoms with Crippen molar-refractivity contribution in [2.75, 3.05) is 5.32 Å². The Morgan fingerprint density at radius 2 is 2.32 bits per heavy atom. The minimum absolute atomic E-state index is 0.224. The number of hydrogen-bond acceptors (Lipinski definition) is 5. The van der Waals surface area contributed by atoms with E-state index in [0.29, 0.717) is 23.7 Å². The first kappa shape index (κ1) is 14.3. The van der Waals surface area contributed by atoms with Crippen molar-refractivity contribution in [1.29, 1.82) is 0 Å². The van der Waals surface area contributed by atoms with Gasteiger partial charge in [0.1, 0.15) is 12.4 Å². The van der Waals surface area contributed by atoms with E-state index in [-0.39, 0.29) is 5.91 Å². The highest BCUT2D eigenvalue weighted by molar-refractivity contribution is 7.07. The molecular formula is C15H14N4O2S. The molecule has 2 heterocycles. The van der Waals surface area contributed by atoms with Crippen molar-refractivity contribution in [2.24, 2.45) is 7.05 Å². The van der Waals surface area contributed by atoms with Crippen LogP contribution in [0.1, 0.15) is 16.1 Å². The highest BCUT2D eigenvalue weighted by atomic mass is 32.1. The average molecular weight is 314 g/mol. The molecule has 1 amide bonds. The summed E-state index contributed by atoms with van der Waals surface area (Å²) in [7, 11) is 1.79. The normalized spacial score (nSPS) is 10.4. The van der Waals surface area contributed by atoms with E-state index in [1.807, 2.05) is 11.4 Å². The Balaban J connectivity index is 1.66. The Hall–Kier alpha value is -2.67. The molecule has 112 valence electrons. The summed E-state index contributed by atoms with van der Waals surface area (Å²) < 4.78 is 7.27. The third kappa shape index (κ3) is 3.50. The van der Waals surface area contributed by atoms with Gasteiger partial charge in [-0.1, -0.05) is 6.07 Å². The summed E-state index contributed by atoms with van der Waals surface area (Å²) in [5, 5.41) is 8.78. The summed E-state index contributed by atoms with van der Waals surface area (Å²) in [4.78, 5) is 16.3. The zero-order valence-electron chi connectivity index (χ0n) is 11.9.